The van der Waals surface area contributed by atoms with Crippen LogP contribution in [0.15, 0.2) is 18.2 Å². The largest absolute Gasteiger partial charge is 0.477 e. The second-order valence-corrected chi connectivity index (χ2v) is 3.49. The molecular weight excluding hydrogens is 305 g/mol. The number of hydrogen-bond acceptors (Lipinski definition) is 3. The second-order valence-electron chi connectivity index (χ2n) is 3.49. The van der Waals surface area contributed by atoms with Gasteiger partial charge in [-0.2, -0.15) is 0 Å². The quantitative estimate of drug-likeness (QED) is 0.527. The van der Waals surface area contributed by atoms with Gasteiger partial charge in [0.1, 0.15) is 5.56 Å². The molecule has 0 aliphatic heterocycles. The van der Waals surface area contributed by atoms with Gasteiger partial charge in [-0.25, -0.2) is 4.79 Å². The molecule has 90 valence electrons. The van der Waals surface area contributed by atoms with Crippen molar-refractivity contribution < 1.29 is 35.2 Å². The summed E-state index contributed by atoms with van der Waals surface area (Å²) in [5.41, 5.74) is 0.149. The van der Waals surface area contributed by atoms with E-state index >= 15 is 0 Å². The molecule has 0 unspecified atom stereocenters. The standard InChI is InChI=1S/C10H11NO4.Pd/c1-6(2)7-3-4-9(11(14)15)8(5-7)10(12)13;/h3-6H,1-2H3,(H,12,13);. The van der Waals surface area contributed by atoms with Crippen LogP contribution in [0.1, 0.15) is 35.7 Å². The Morgan fingerprint density at radius 2 is 2.00 bits per heavy atom. The fourth-order valence-corrected chi connectivity index (χ4v) is 1.24. The Morgan fingerprint density at radius 3 is 2.38 bits per heavy atom. The van der Waals surface area contributed by atoms with Crippen molar-refractivity contribution in [2.24, 2.45) is 0 Å². The van der Waals surface area contributed by atoms with Gasteiger partial charge in [-0.05, 0) is 17.5 Å². The van der Waals surface area contributed by atoms with Crippen molar-refractivity contribution in [2.75, 3.05) is 0 Å². The van der Waals surface area contributed by atoms with Crippen LogP contribution in [0.4, 0.5) is 5.69 Å². The summed E-state index contributed by atoms with van der Waals surface area (Å²) in [7, 11) is 0. The minimum Gasteiger partial charge on any atom is -0.477 e. The zero-order valence-corrected chi connectivity index (χ0v) is 10.3. The van der Waals surface area contributed by atoms with Crippen LogP contribution >= 0.6 is 0 Å². The van der Waals surface area contributed by atoms with E-state index in [0.29, 0.717) is 0 Å². The van der Waals surface area contributed by atoms with Crippen molar-refractivity contribution in [3.8, 4) is 0 Å². The van der Waals surface area contributed by atoms with Gasteiger partial charge in [0.25, 0.3) is 5.69 Å². The predicted molar refractivity (Wildman–Crippen MR) is 54.1 cm³/mol. The van der Waals surface area contributed by atoms with Gasteiger partial charge < -0.3 is 5.11 Å². The molecule has 0 atom stereocenters. The topological polar surface area (TPSA) is 80.4 Å². The van der Waals surface area contributed by atoms with Crippen LogP contribution in [-0.2, 0) is 20.4 Å². The third-order valence-electron chi connectivity index (χ3n) is 2.11. The molecule has 16 heavy (non-hydrogen) atoms. The first kappa shape index (κ1) is 14.8. The molecule has 0 aliphatic rings. The zero-order chi connectivity index (χ0) is 11.6. The average molecular weight is 316 g/mol. The van der Waals surface area contributed by atoms with Crippen LogP contribution in [0.25, 0.3) is 0 Å². The van der Waals surface area contributed by atoms with E-state index in [0.717, 1.165) is 5.56 Å². The summed E-state index contributed by atoms with van der Waals surface area (Å²) < 4.78 is 0. The fourth-order valence-electron chi connectivity index (χ4n) is 1.24. The number of carbonyl (C=O) groups is 1. The molecule has 1 rings (SSSR count). The minimum atomic E-state index is -1.27. The predicted octanol–water partition coefficient (Wildman–Crippen LogP) is 2.41. The van der Waals surface area contributed by atoms with Gasteiger partial charge in [0.2, 0.25) is 0 Å². The molecule has 6 heteroatoms. The van der Waals surface area contributed by atoms with Gasteiger partial charge in [-0.15, -0.1) is 0 Å². The molecule has 0 bridgehead atoms. The van der Waals surface area contributed by atoms with E-state index in [1.807, 2.05) is 13.8 Å². The Bertz CT molecular complexity index is 417. The Labute approximate surface area is 106 Å². The van der Waals surface area contributed by atoms with Crippen LogP contribution in [0, 0.1) is 10.1 Å². The molecule has 0 fully saturated rings. The number of hydrogen-bond donors (Lipinski definition) is 1. The summed E-state index contributed by atoms with van der Waals surface area (Å²) >= 11 is 0. The van der Waals surface area contributed by atoms with E-state index in [1.165, 1.54) is 12.1 Å². The first-order chi connectivity index (χ1) is 6.93. The molecule has 5 nitrogen and oxygen atoms in total. The molecule has 0 aromatic heterocycles. The molecule has 1 aromatic carbocycles. The van der Waals surface area contributed by atoms with E-state index in [1.54, 1.807) is 6.07 Å². The number of nitro benzene ring substituents is 1. The Kier molecular flexibility index (Phi) is 5.29. The van der Waals surface area contributed by atoms with E-state index in [4.69, 9.17) is 5.11 Å². The zero-order valence-electron chi connectivity index (χ0n) is 8.74. The average Bonchev–Trinajstić information content (AvgIpc) is 2.16. The maximum absolute atomic E-state index is 10.8. The second kappa shape index (κ2) is 5.73. The maximum atomic E-state index is 10.8. The van der Waals surface area contributed by atoms with Gasteiger partial charge in [0, 0.05) is 26.5 Å². The van der Waals surface area contributed by atoms with Gasteiger partial charge in [0.05, 0.1) is 4.92 Å². The Hall–Kier alpha value is -1.25. The first-order valence-electron chi connectivity index (χ1n) is 4.45. The number of rotatable bonds is 3. The van der Waals surface area contributed by atoms with Gasteiger partial charge in [0.15, 0.2) is 0 Å². The van der Waals surface area contributed by atoms with Crippen molar-refractivity contribution in [2.45, 2.75) is 19.8 Å². The summed E-state index contributed by atoms with van der Waals surface area (Å²) in [5.74, 6) is -1.13. The van der Waals surface area contributed by atoms with Crippen LogP contribution in [-0.4, -0.2) is 16.0 Å². The van der Waals surface area contributed by atoms with E-state index in [-0.39, 0.29) is 37.6 Å². The minimum absolute atomic E-state index is 0. The van der Waals surface area contributed by atoms with E-state index in [2.05, 4.69) is 0 Å². The van der Waals surface area contributed by atoms with Crippen LogP contribution in [0.5, 0.6) is 0 Å². The van der Waals surface area contributed by atoms with Crippen molar-refractivity contribution in [1.82, 2.24) is 0 Å². The molecule has 1 N–H and O–H groups in total. The van der Waals surface area contributed by atoms with Gasteiger partial charge in [-0.1, -0.05) is 19.9 Å². The SMILES string of the molecule is CC(C)c1ccc([N+](=O)[O-])c(C(=O)O)c1.[Pd]. The van der Waals surface area contributed by atoms with Crippen LogP contribution in [0.2, 0.25) is 0 Å². The Morgan fingerprint density at radius 1 is 1.44 bits per heavy atom. The smallest absolute Gasteiger partial charge is 0.342 e. The van der Waals surface area contributed by atoms with E-state index in [9.17, 15) is 14.9 Å². The van der Waals surface area contributed by atoms with Crippen LogP contribution in [0.3, 0.4) is 0 Å². The normalized spacial score (nSPS) is 9.69. The number of carboxylic acid groups (broad SMARTS) is 1. The molecule has 1 aromatic rings. The summed E-state index contributed by atoms with van der Waals surface area (Å²) in [4.78, 5) is 20.7. The van der Waals surface area contributed by atoms with Gasteiger partial charge in [-0.3, -0.25) is 10.1 Å². The first-order valence-corrected chi connectivity index (χ1v) is 4.45. The Balaban J connectivity index is 0.00000225. The summed E-state index contributed by atoms with van der Waals surface area (Å²) in [5, 5.41) is 19.4. The maximum Gasteiger partial charge on any atom is 0.342 e. The monoisotopic (exact) mass is 315 g/mol. The van der Waals surface area contributed by atoms with Crippen LogP contribution < -0.4 is 0 Å². The molecule has 0 heterocycles. The van der Waals surface area contributed by atoms with Crippen molar-refractivity contribution in [3.05, 3.63) is 39.4 Å². The number of benzene rings is 1. The summed E-state index contributed by atoms with van der Waals surface area (Å²) in [6.07, 6.45) is 0. The van der Waals surface area contributed by atoms with Gasteiger partial charge >= 0.3 is 5.97 Å². The molecular formula is C10H11NO4Pd. The molecule has 0 radical (unpaired) electrons. The number of carboxylic acids is 1. The number of nitrogens with zero attached hydrogens (tertiary/aromatic N) is 1. The third-order valence-corrected chi connectivity index (χ3v) is 2.11. The summed E-state index contributed by atoms with van der Waals surface area (Å²) in [6, 6.07) is 4.17. The molecule has 0 spiro atoms. The molecule has 0 saturated carbocycles. The van der Waals surface area contributed by atoms with Crippen molar-refractivity contribution in [3.63, 3.8) is 0 Å². The summed E-state index contributed by atoms with van der Waals surface area (Å²) in [6.45, 7) is 3.79. The molecule has 0 amide bonds. The molecule has 0 aliphatic carbocycles. The van der Waals surface area contributed by atoms with Crippen molar-refractivity contribution >= 4 is 11.7 Å². The van der Waals surface area contributed by atoms with Crippen molar-refractivity contribution in [1.29, 1.82) is 0 Å². The number of nitro groups is 1. The molecule has 0 saturated heterocycles. The van der Waals surface area contributed by atoms with E-state index < -0.39 is 10.9 Å². The fraction of sp³-hybridized carbons (Fsp3) is 0.300. The third kappa shape index (κ3) is 3.12. The number of aromatic carboxylic acids is 1.